The summed E-state index contributed by atoms with van der Waals surface area (Å²) in [5.41, 5.74) is -0.796. The molecule has 7 heteroatoms. The first-order valence-corrected chi connectivity index (χ1v) is 8.83. The van der Waals surface area contributed by atoms with Gasteiger partial charge in [-0.3, -0.25) is 23.6 Å². The number of carbonyl (C=O) groups excluding carboxylic acids is 1. The lowest BCUT2D eigenvalue weighted by molar-refractivity contribution is -0.133. The number of amides is 1. The van der Waals surface area contributed by atoms with Gasteiger partial charge in [-0.25, -0.2) is 4.79 Å². The van der Waals surface area contributed by atoms with Crippen LogP contribution in [-0.4, -0.2) is 56.6 Å². The van der Waals surface area contributed by atoms with Gasteiger partial charge in [-0.2, -0.15) is 0 Å². The summed E-state index contributed by atoms with van der Waals surface area (Å²) in [5, 5.41) is 0. The van der Waals surface area contributed by atoms with E-state index in [1.54, 1.807) is 0 Å². The molecule has 0 aromatic carbocycles. The smallest absolute Gasteiger partial charge is 0.331 e. The number of likely N-dealkylation sites (tertiary alicyclic amines) is 2. The van der Waals surface area contributed by atoms with Gasteiger partial charge in [0.2, 0.25) is 5.91 Å². The summed E-state index contributed by atoms with van der Waals surface area (Å²) in [6, 6.07) is 2.02. The predicted octanol–water partition coefficient (Wildman–Crippen LogP) is 0.0223. The van der Waals surface area contributed by atoms with Crippen LogP contribution in [0.4, 0.5) is 0 Å². The van der Waals surface area contributed by atoms with Crippen LogP contribution in [0.1, 0.15) is 32.6 Å². The van der Waals surface area contributed by atoms with Crippen LogP contribution < -0.4 is 11.2 Å². The van der Waals surface area contributed by atoms with Crippen LogP contribution in [0.2, 0.25) is 0 Å². The summed E-state index contributed by atoms with van der Waals surface area (Å²) in [6.45, 7) is 5.06. The van der Waals surface area contributed by atoms with E-state index in [0.29, 0.717) is 6.04 Å². The van der Waals surface area contributed by atoms with Crippen LogP contribution in [0.5, 0.6) is 0 Å². The highest BCUT2D eigenvalue weighted by atomic mass is 16.2. The molecule has 3 rings (SSSR count). The van der Waals surface area contributed by atoms with Gasteiger partial charge in [0.15, 0.2) is 0 Å². The minimum Gasteiger partial charge on any atom is -0.337 e. The average Bonchev–Trinajstić information content (AvgIpc) is 3.23. The van der Waals surface area contributed by atoms with Crippen molar-refractivity contribution in [3.8, 4) is 0 Å². The maximum atomic E-state index is 12.8. The highest BCUT2D eigenvalue weighted by molar-refractivity contribution is 5.76. The molecule has 0 bridgehead atoms. The van der Waals surface area contributed by atoms with Crippen molar-refractivity contribution in [3.63, 3.8) is 0 Å². The van der Waals surface area contributed by atoms with E-state index in [1.807, 2.05) is 4.90 Å². The van der Waals surface area contributed by atoms with Gasteiger partial charge in [-0.15, -0.1) is 0 Å². The largest absolute Gasteiger partial charge is 0.337 e. The van der Waals surface area contributed by atoms with Crippen molar-refractivity contribution < 1.29 is 4.79 Å². The van der Waals surface area contributed by atoms with E-state index < -0.39 is 5.69 Å². The summed E-state index contributed by atoms with van der Waals surface area (Å²) in [6.07, 6.45) is 5.81. The summed E-state index contributed by atoms with van der Waals surface area (Å²) in [5.74, 6) is -0.0267. The minimum atomic E-state index is -0.442. The van der Waals surface area contributed by atoms with Crippen molar-refractivity contribution in [1.82, 2.24) is 18.9 Å². The van der Waals surface area contributed by atoms with Crippen molar-refractivity contribution in [3.05, 3.63) is 33.1 Å². The zero-order chi connectivity index (χ0) is 17.3. The van der Waals surface area contributed by atoms with Crippen LogP contribution >= 0.6 is 0 Å². The highest BCUT2D eigenvalue weighted by Crippen LogP contribution is 2.29. The normalized spacial score (nSPS) is 24.7. The molecule has 7 nitrogen and oxygen atoms in total. The van der Waals surface area contributed by atoms with Crippen LogP contribution in [0, 0.1) is 0 Å². The molecule has 2 atom stereocenters. The fourth-order valence-electron chi connectivity index (χ4n) is 4.16. The molecular weight excluding hydrogens is 308 g/mol. The lowest BCUT2D eigenvalue weighted by atomic mass is 10.0. The number of carbonyl (C=O) groups is 1. The van der Waals surface area contributed by atoms with E-state index in [-0.39, 0.29) is 24.1 Å². The predicted molar refractivity (Wildman–Crippen MR) is 90.9 cm³/mol. The molecule has 0 N–H and O–H groups in total. The standard InChI is InChI=1S/C17H26N4O3/c1-3-19-9-4-6-13(19)14-7-5-10-21(14)16(23)12-20-11-8-15(22)18(2)17(20)24/h8,11,13-14H,3-7,9-10,12H2,1-2H3/t13-,14-/m1/s1. The second-order valence-corrected chi connectivity index (χ2v) is 6.76. The quantitative estimate of drug-likeness (QED) is 0.779. The molecule has 0 unspecified atom stereocenters. The molecule has 2 fully saturated rings. The average molecular weight is 334 g/mol. The first kappa shape index (κ1) is 17.0. The van der Waals surface area contributed by atoms with Gasteiger partial charge in [0, 0.05) is 37.9 Å². The third-order valence-electron chi connectivity index (χ3n) is 5.45. The number of hydrogen-bond donors (Lipinski definition) is 0. The third kappa shape index (κ3) is 3.05. The van der Waals surface area contributed by atoms with Crippen LogP contribution in [0.25, 0.3) is 0 Å². The monoisotopic (exact) mass is 334 g/mol. The Morgan fingerprint density at radius 2 is 1.88 bits per heavy atom. The molecule has 1 aromatic heterocycles. The molecule has 132 valence electrons. The Kier molecular flexibility index (Phi) is 4.89. The van der Waals surface area contributed by atoms with E-state index in [1.165, 1.54) is 30.3 Å². The van der Waals surface area contributed by atoms with E-state index in [9.17, 15) is 14.4 Å². The Morgan fingerprint density at radius 3 is 2.62 bits per heavy atom. The van der Waals surface area contributed by atoms with Gasteiger partial charge >= 0.3 is 5.69 Å². The molecule has 0 saturated carbocycles. The Hall–Kier alpha value is -1.89. The molecular formula is C17H26N4O3. The molecule has 24 heavy (non-hydrogen) atoms. The summed E-state index contributed by atoms with van der Waals surface area (Å²) in [7, 11) is 1.43. The van der Waals surface area contributed by atoms with E-state index in [4.69, 9.17) is 0 Å². The van der Waals surface area contributed by atoms with Gasteiger partial charge in [0.25, 0.3) is 5.56 Å². The molecule has 2 saturated heterocycles. The van der Waals surface area contributed by atoms with Crippen molar-refractivity contribution >= 4 is 5.91 Å². The fourth-order valence-corrected chi connectivity index (χ4v) is 4.16. The number of likely N-dealkylation sites (N-methyl/N-ethyl adjacent to an activating group) is 1. The maximum Gasteiger partial charge on any atom is 0.331 e. The zero-order valence-corrected chi connectivity index (χ0v) is 14.5. The lowest BCUT2D eigenvalue weighted by Crippen LogP contribution is -2.50. The van der Waals surface area contributed by atoms with Gasteiger partial charge < -0.3 is 4.90 Å². The number of rotatable bonds is 4. The number of aromatic nitrogens is 2. The van der Waals surface area contributed by atoms with Crippen LogP contribution in [0.3, 0.4) is 0 Å². The molecule has 1 aromatic rings. The Morgan fingerprint density at radius 1 is 1.17 bits per heavy atom. The SMILES string of the molecule is CCN1CCC[C@@H]1[C@H]1CCCN1C(=O)Cn1ccc(=O)n(C)c1=O. The summed E-state index contributed by atoms with van der Waals surface area (Å²) in [4.78, 5) is 40.8. The van der Waals surface area contributed by atoms with E-state index in [2.05, 4.69) is 11.8 Å². The van der Waals surface area contributed by atoms with Crippen molar-refractivity contribution in [2.24, 2.45) is 7.05 Å². The van der Waals surface area contributed by atoms with E-state index >= 15 is 0 Å². The zero-order valence-electron chi connectivity index (χ0n) is 14.5. The first-order chi connectivity index (χ1) is 11.5. The molecule has 0 radical (unpaired) electrons. The number of nitrogens with zero attached hydrogens (tertiary/aromatic N) is 4. The minimum absolute atomic E-state index is 0.00228. The van der Waals surface area contributed by atoms with Gasteiger partial charge in [-0.1, -0.05) is 6.92 Å². The van der Waals surface area contributed by atoms with Gasteiger partial charge in [-0.05, 0) is 38.8 Å². The molecule has 1 amide bonds. The topological polar surface area (TPSA) is 67.5 Å². The molecule has 2 aliphatic rings. The Labute approximate surface area is 141 Å². The van der Waals surface area contributed by atoms with Gasteiger partial charge in [0.05, 0.1) is 0 Å². The molecule has 0 aliphatic carbocycles. The molecule has 0 spiro atoms. The second kappa shape index (κ2) is 6.93. The number of hydrogen-bond acceptors (Lipinski definition) is 4. The van der Waals surface area contributed by atoms with Crippen LogP contribution in [-0.2, 0) is 18.4 Å². The van der Waals surface area contributed by atoms with Crippen molar-refractivity contribution in [1.29, 1.82) is 0 Å². The van der Waals surface area contributed by atoms with E-state index in [0.717, 1.165) is 43.5 Å². The Bertz CT molecular complexity index is 723. The first-order valence-electron chi connectivity index (χ1n) is 8.83. The second-order valence-electron chi connectivity index (χ2n) is 6.76. The fraction of sp³-hybridized carbons (Fsp3) is 0.706. The van der Waals surface area contributed by atoms with Gasteiger partial charge in [0.1, 0.15) is 6.54 Å². The molecule has 3 heterocycles. The van der Waals surface area contributed by atoms with Crippen molar-refractivity contribution in [2.75, 3.05) is 19.6 Å². The maximum absolute atomic E-state index is 12.8. The van der Waals surface area contributed by atoms with Crippen LogP contribution in [0.15, 0.2) is 21.9 Å². The lowest BCUT2D eigenvalue weighted by Gasteiger charge is -2.34. The Balaban J connectivity index is 1.76. The summed E-state index contributed by atoms with van der Waals surface area (Å²) < 4.78 is 2.36. The molecule has 2 aliphatic heterocycles. The highest BCUT2D eigenvalue weighted by Gasteiger charge is 2.39. The third-order valence-corrected chi connectivity index (χ3v) is 5.45. The van der Waals surface area contributed by atoms with Crippen molar-refractivity contribution in [2.45, 2.75) is 51.2 Å². The summed E-state index contributed by atoms with van der Waals surface area (Å²) >= 11 is 0.